The van der Waals surface area contributed by atoms with Gasteiger partial charge in [-0.3, -0.25) is 9.69 Å². The normalized spacial score (nSPS) is 16.6. The van der Waals surface area contributed by atoms with E-state index in [-0.39, 0.29) is 18.0 Å². The van der Waals surface area contributed by atoms with Crippen LogP contribution in [0.1, 0.15) is 28.1 Å². The van der Waals surface area contributed by atoms with Crippen LogP contribution in [-0.4, -0.2) is 41.0 Å². The van der Waals surface area contributed by atoms with E-state index in [1.54, 1.807) is 17.2 Å². The van der Waals surface area contributed by atoms with Crippen LogP contribution in [0.15, 0.2) is 85.7 Å². The van der Waals surface area contributed by atoms with Gasteiger partial charge in [-0.05, 0) is 55.2 Å². The molecule has 4 aromatic rings. The average molecular weight is 536 g/mol. The van der Waals surface area contributed by atoms with Crippen molar-refractivity contribution in [2.75, 3.05) is 23.3 Å². The van der Waals surface area contributed by atoms with Gasteiger partial charge in [-0.1, -0.05) is 55.1 Å². The largest absolute Gasteiger partial charge is 0.370 e. The molecule has 0 unspecified atom stereocenters. The van der Waals surface area contributed by atoms with Gasteiger partial charge in [0.25, 0.3) is 5.91 Å². The van der Waals surface area contributed by atoms with E-state index >= 15 is 0 Å². The Morgan fingerprint density at radius 2 is 2.00 bits per heavy atom. The van der Waals surface area contributed by atoms with Crippen molar-refractivity contribution < 1.29 is 9.59 Å². The maximum absolute atomic E-state index is 13.5. The van der Waals surface area contributed by atoms with Crippen molar-refractivity contribution in [3.05, 3.63) is 96.2 Å². The zero-order valence-electron chi connectivity index (χ0n) is 21.7. The van der Waals surface area contributed by atoms with Gasteiger partial charge < -0.3 is 15.5 Å². The van der Waals surface area contributed by atoms with Gasteiger partial charge in [-0.2, -0.15) is 0 Å². The second-order valence-corrected chi connectivity index (χ2v) is 11.0. The molecule has 2 N–H and O–H groups in total. The minimum Gasteiger partial charge on any atom is -0.370 e. The third-order valence-corrected chi connectivity index (χ3v) is 8.44. The molecular weight excluding hydrogens is 506 g/mol. The average Bonchev–Trinajstić information content (AvgIpc) is 3.33. The summed E-state index contributed by atoms with van der Waals surface area (Å²) in [6.45, 7) is 11.5. The van der Waals surface area contributed by atoms with Crippen molar-refractivity contribution in [3.8, 4) is 11.1 Å². The monoisotopic (exact) mass is 535 g/mol. The molecule has 2 aromatic carbocycles. The fourth-order valence-electron chi connectivity index (χ4n) is 5.31. The molecule has 0 radical (unpaired) electrons. The molecule has 6 rings (SSSR count). The van der Waals surface area contributed by atoms with Crippen LogP contribution in [0.3, 0.4) is 0 Å². The van der Waals surface area contributed by atoms with Crippen molar-refractivity contribution in [2.45, 2.75) is 25.8 Å². The first-order valence-corrected chi connectivity index (χ1v) is 13.8. The highest BCUT2D eigenvalue weighted by Crippen LogP contribution is 2.46. The number of nitrogens with zero attached hydrogens (tertiary/aromatic N) is 3. The number of piperidine rings is 1. The number of pyridine rings is 1. The van der Waals surface area contributed by atoms with Crippen molar-refractivity contribution in [3.63, 3.8) is 0 Å². The lowest BCUT2D eigenvalue weighted by Crippen LogP contribution is -2.47. The second kappa shape index (κ2) is 10.0. The number of carbonyl (C=O) groups excluding carboxylic acids is 2. The number of rotatable bonds is 6. The Bertz CT molecular complexity index is 1620. The van der Waals surface area contributed by atoms with Gasteiger partial charge in [0, 0.05) is 31.0 Å². The van der Waals surface area contributed by atoms with Crippen LogP contribution in [-0.2, 0) is 0 Å². The van der Waals surface area contributed by atoms with E-state index in [4.69, 9.17) is 0 Å². The summed E-state index contributed by atoms with van der Waals surface area (Å²) in [5, 5.41) is 6.95. The van der Waals surface area contributed by atoms with Gasteiger partial charge in [-0.15, -0.1) is 11.3 Å². The first kappa shape index (κ1) is 24.9. The molecule has 4 heterocycles. The molecule has 2 aromatic heterocycles. The van der Waals surface area contributed by atoms with E-state index in [1.165, 1.54) is 16.9 Å². The predicted molar refractivity (Wildman–Crippen MR) is 159 cm³/mol. The number of likely N-dealkylation sites (tertiary alicyclic amines) is 1. The molecule has 39 heavy (non-hydrogen) atoms. The van der Waals surface area contributed by atoms with Crippen molar-refractivity contribution in [2.24, 2.45) is 0 Å². The molecule has 1 fully saturated rings. The number of urea groups is 1. The van der Waals surface area contributed by atoms with Gasteiger partial charge in [0.2, 0.25) is 0 Å². The molecule has 0 bridgehead atoms. The smallest absolute Gasteiger partial charge is 0.331 e. The first-order chi connectivity index (χ1) is 18.9. The molecule has 196 valence electrons. The van der Waals surface area contributed by atoms with Crippen LogP contribution < -0.4 is 15.5 Å². The molecule has 2 aliphatic rings. The summed E-state index contributed by atoms with van der Waals surface area (Å²) in [5.74, 6) is -0.204. The lowest BCUT2D eigenvalue weighted by atomic mass is 10.0. The predicted octanol–water partition coefficient (Wildman–Crippen LogP) is 6.85. The number of aryl methyl sites for hydroxylation is 1. The van der Waals surface area contributed by atoms with Crippen LogP contribution in [0, 0.1) is 6.92 Å². The summed E-state index contributed by atoms with van der Waals surface area (Å²) >= 11 is 1.30. The van der Waals surface area contributed by atoms with Crippen LogP contribution >= 0.6 is 11.3 Å². The van der Waals surface area contributed by atoms with E-state index < -0.39 is 0 Å². The lowest BCUT2D eigenvalue weighted by Gasteiger charge is -2.35. The van der Waals surface area contributed by atoms with Crippen LogP contribution in [0.25, 0.3) is 21.3 Å². The minimum atomic E-state index is -0.311. The molecule has 1 atom stereocenters. The number of amides is 3. The number of hydrogen-bond acceptors (Lipinski definition) is 5. The topological polar surface area (TPSA) is 77.6 Å². The Morgan fingerprint density at radius 1 is 1.18 bits per heavy atom. The molecule has 1 saturated heterocycles. The van der Waals surface area contributed by atoms with Crippen molar-refractivity contribution in [1.82, 2.24) is 15.2 Å². The number of hydrogen-bond donors (Lipinski definition) is 2. The maximum atomic E-state index is 13.5. The summed E-state index contributed by atoms with van der Waals surface area (Å²) in [5.41, 5.74) is 6.12. The number of benzene rings is 2. The maximum Gasteiger partial charge on any atom is 0.331 e. The third-order valence-electron chi connectivity index (χ3n) is 7.34. The summed E-state index contributed by atoms with van der Waals surface area (Å²) in [6.07, 6.45) is 5.27. The Hall–Kier alpha value is -4.43. The Labute approximate surface area is 231 Å². The quantitative estimate of drug-likeness (QED) is 0.265. The second-order valence-electron chi connectivity index (χ2n) is 9.95. The molecular formula is C31H29N5O2S. The van der Waals surface area contributed by atoms with E-state index in [0.29, 0.717) is 27.6 Å². The highest BCUT2D eigenvalue weighted by atomic mass is 32.1. The molecule has 7 nitrogen and oxygen atoms in total. The van der Waals surface area contributed by atoms with Crippen LogP contribution in [0.4, 0.5) is 21.9 Å². The van der Waals surface area contributed by atoms with E-state index in [1.807, 2.05) is 30.3 Å². The molecule has 0 aliphatic carbocycles. The standard InChI is InChI=1S/C31H29N5O2S/c1-4-20(3)35-16-6-8-23(18-35)33-29(37)28-27-26-25(14-15-32-30(26)39-28)36(31(38)34-27)24-9-5-7-22(17-24)21-12-10-19(2)11-13-21/h4-5,7,9-15,17,23H,1,3,6,8,16,18H2,2H3,(H,33,37)(H,34,38)/t23-/m1/s1. The Morgan fingerprint density at radius 3 is 2.79 bits per heavy atom. The number of nitrogens with one attached hydrogen (secondary N) is 2. The van der Waals surface area contributed by atoms with E-state index in [2.05, 4.69) is 64.9 Å². The van der Waals surface area contributed by atoms with E-state index in [0.717, 1.165) is 47.3 Å². The van der Waals surface area contributed by atoms with Gasteiger partial charge in [-0.25, -0.2) is 9.78 Å². The van der Waals surface area contributed by atoms with Crippen molar-refractivity contribution in [1.29, 1.82) is 0 Å². The molecule has 2 aliphatic heterocycles. The van der Waals surface area contributed by atoms with Gasteiger partial charge in [0.05, 0.1) is 22.4 Å². The minimum absolute atomic E-state index is 0.0203. The summed E-state index contributed by atoms with van der Waals surface area (Å²) in [6, 6.07) is 17.7. The lowest BCUT2D eigenvalue weighted by molar-refractivity contribution is 0.0920. The zero-order valence-corrected chi connectivity index (χ0v) is 22.6. The number of aromatic nitrogens is 1. The van der Waals surface area contributed by atoms with Crippen LogP contribution in [0.5, 0.6) is 0 Å². The highest BCUT2D eigenvalue weighted by Gasteiger charge is 2.33. The van der Waals surface area contributed by atoms with Gasteiger partial charge >= 0.3 is 6.03 Å². The Balaban J connectivity index is 1.33. The van der Waals surface area contributed by atoms with Crippen LogP contribution in [0.2, 0.25) is 0 Å². The fourth-order valence-corrected chi connectivity index (χ4v) is 6.33. The summed E-state index contributed by atoms with van der Waals surface area (Å²) in [4.78, 5) is 36.5. The summed E-state index contributed by atoms with van der Waals surface area (Å²) in [7, 11) is 0. The molecule has 0 saturated carbocycles. The highest BCUT2D eigenvalue weighted by molar-refractivity contribution is 7.21. The first-order valence-electron chi connectivity index (χ1n) is 13.0. The fraction of sp³-hybridized carbons (Fsp3) is 0.194. The zero-order chi connectivity index (χ0) is 27.1. The number of anilines is 3. The van der Waals surface area contributed by atoms with Crippen molar-refractivity contribution >= 4 is 50.6 Å². The number of allylic oxidation sites excluding steroid dienone is 1. The third kappa shape index (κ3) is 4.57. The Kier molecular flexibility index (Phi) is 6.40. The van der Waals surface area contributed by atoms with Gasteiger partial charge in [0.15, 0.2) is 0 Å². The van der Waals surface area contributed by atoms with Gasteiger partial charge in [0.1, 0.15) is 9.71 Å². The molecule has 0 spiro atoms. The number of carbonyl (C=O) groups is 2. The van der Waals surface area contributed by atoms with E-state index in [9.17, 15) is 9.59 Å². The number of thiophene rings is 1. The summed E-state index contributed by atoms with van der Waals surface area (Å²) < 4.78 is 0. The SMILES string of the molecule is C=CC(=C)N1CCC[C@@H](NC(=O)c2sc3nccc4c3c2NC(=O)N4c2cccc(-c3ccc(C)cc3)c2)C1. The molecule has 3 amide bonds. The molecule has 8 heteroatoms.